The van der Waals surface area contributed by atoms with Crippen molar-refractivity contribution in [3.8, 4) is 0 Å². The molecule has 1 aromatic carbocycles. The smallest absolute Gasteiger partial charge is 0.250 e. The lowest BCUT2D eigenvalue weighted by Gasteiger charge is -2.60. The first-order valence-electron chi connectivity index (χ1n) is 16.5. The first-order valence-corrected chi connectivity index (χ1v) is 16.5. The van der Waals surface area contributed by atoms with Crippen LogP contribution in [0.1, 0.15) is 84.5 Å². The van der Waals surface area contributed by atoms with Gasteiger partial charge in [0.05, 0.1) is 12.8 Å². The quantitative estimate of drug-likeness (QED) is 0.457. The van der Waals surface area contributed by atoms with Crippen LogP contribution in [0.2, 0.25) is 0 Å². The Morgan fingerprint density at radius 1 is 1.00 bits per heavy atom. The number of carbonyl (C=O) groups is 1. The molecule has 222 valence electrons. The van der Waals surface area contributed by atoms with E-state index >= 15 is 0 Å². The summed E-state index contributed by atoms with van der Waals surface area (Å²) in [4.78, 5) is 23.7. The van der Waals surface area contributed by atoms with Crippen LogP contribution in [-0.4, -0.2) is 89.8 Å². The van der Waals surface area contributed by atoms with Crippen molar-refractivity contribution in [2.24, 2.45) is 23.2 Å². The van der Waals surface area contributed by atoms with Crippen molar-refractivity contribution in [1.82, 2.24) is 14.7 Å². The Kier molecular flexibility index (Phi) is 8.24. The normalized spacial score (nSPS) is 33.5. The third-order valence-electron chi connectivity index (χ3n) is 12.3. The second-order valence-corrected chi connectivity index (χ2v) is 14.6. The SMILES string of the molecule is CN(CCCN1CN(c2ccccc2)C2(CCN(CCC3CCC4CC3C4(C)C)CC2)C1=O)[C@H]1CCCCC1O. The van der Waals surface area contributed by atoms with Crippen LogP contribution >= 0.6 is 0 Å². The highest BCUT2D eigenvalue weighted by Gasteiger charge is 2.55. The molecule has 1 amide bonds. The highest BCUT2D eigenvalue weighted by Crippen LogP contribution is 2.62. The number of likely N-dealkylation sites (tertiary alicyclic amines) is 1. The van der Waals surface area contributed by atoms with E-state index in [1.54, 1.807) is 0 Å². The number of rotatable bonds is 9. The molecule has 4 aliphatic carbocycles. The first-order chi connectivity index (χ1) is 19.3. The maximum atomic E-state index is 14.1. The van der Waals surface area contributed by atoms with E-state index in [0.29, 0.717) is 18.0 Å². The average Bonchev–Trinajstić information content (AvgIpc) is 3.24. The molecule has 4 saturated carbocycles. The predicted molar refractivity (Wildman–Crippen MR) is 162 cm³/mol. The summed E-state index contributed by atoms with van der Waals surface area (Å²) in [5.41, 5.74) is 1.34. The number of aliphatic hydroxyl groups is 1. The summed E-state index contributed by atoms with van der Waals surface area (Å²) in [6.45, 7) is 10.7. The number of carbonyl (C=O) groups excluding carboxylic acids is 1. The zero-order valence-electron chi connectivity index (χ0n) is 25.4. The molecule has 5 atom stereocenters. The Labute approximate surface area is 243 Å². The Hall–Kier alpha value is -1.63. The number of para-hydroxylation sites is 1. The molecule has 1 N–H and O–H groups in total. The average molecular weight is 551 g/mol. The molecule has 2 heterocycles. The number of fused-ring (bicyclic) bond motifs is 2. The van der Waals surface area contributed by atoms with E-state index in [1.807, 2.05) is 0 Å². The van der Waals surface area contributed by atoms with Gasteiger partial charge in [-0.05, 0) is 113 Å². The highest BCUT2D eigenvalue weighted by atomic mass is 16.3. The number of likely N-dealkylation sites (N-methyl/N-ethyl adjacent to an activating group) is 1. The molecule has 0 aromatic heterocycles. The number of piperidine rings is 1. The van der Waals surface area contributed by atoms with Crippen molar-refractivity contribution >= 4 is 11.6 Å². The van der Waals surface area contributed by atoms with Gasteiger partial charge in [0, 0.05) is 31.4 Å². The molecular weight excluding hydrogens is 496 g/mol. The number of aliphatic hydroxyl groups excluding tert-OH is 1. The second kappa shape index (κ2) is 11.6. The predicted octanol–water partition coefficient (Wildman–Crippen LogP) is 5.22. The molecule has 0 radical (unpaired) electrons. The van der Waals surface area contributed by atoms with Gasteiger partial charge in [-0.2, -0.15) is 0 Å². The number of anilines is 1. The minimum atomic E-state index is -0.405. The van der Waals surface area contributed by atoms with Crippen LogP contribution in [0.3, 0.4) is 0 Å². The van der Waals surface area contributed by atoms with Crippen LogP contribution in [0.5, 0.6) is 0 Å². The summed E-state index contributed by atoms with van der Waals surface area (Å²) in [5.74, 6) is 3.14. The van der Waals surface area contributed by atoms with Crippen molar-refractivity contribution in [2.45, 2.75) is 102 Å². The standard InChI is InChI=1S/C34H54N4O2/c1-33(2)27-15-14-26(29(33)24-27)16-21-36-22-17-34(18-23-36)32(40)37(25-38(34)28-10-5-4-6-11-28)20-9-19-35(3)30-12-7-8-13-31(30)39/h4-6,10-11,26-27,29-31,39H,7-9,12-25H2,1-3H3/t26?,27?,29?,30-,31?/m0/s1. The highest BCUT2D eigenvalue weighted by molar-refractivity contribution is 5.93. The van der Waals surface area contributed by atoms with Gasteiger partial charge < -0.3 is 24.7 Å². The van der Waals surface area contributed by atoms with Crippen LogP contribution in [0.25, 0.3) is 0 Å². The molecule has 2 saturated heterocycles. The Morgan fingerprint density at radius 3 is 2.45 bits per heavy atom. The summed E-state index contributed by atoms with van der Waals surface area (Å²) in [6, 6.07) is 10.9. The van der Waals surface area contributed by atoms with Gasteiger partial charge in [0.2, 0.25) is 5.91 Å². The Balaban J connectivity index is 1.06. The molecular formula is C34H54N4O2. The minimum absolute atomic E-state index is 0.204. The summed E-state index contributed by atoms with van der Waals surface area (Å²) in [7, 11) is 2.15. The molecule has 7 rings (SSSR count). The maximum absolute atomic E-state index is 14.1. The van der Waals surface area contributed by atoms with Crippen LogP contribution in [0.15, 0.2) is 30.3 Å². The number of benzene rings is 1. The van der Waals surface area contributed by atoms with Crippen LogP contribution < -0.4 is 4.90 Å². The molecule has 6 fully saturated rings. The molecule has 6 nitrogen and oxygen atoms in total. The zero-order chi connectivity index (χ0) is 27.9. The molecule has 40 heavy (non-hydrogen) atoms. The van der Waals surface area contributed by atoms with Crippen LogP contribution in [-0.2, 0) is 4.79 Å². The van der Waals surface area contributed by atoms with Crippen molar-refractivity contribution in [3.63, 3.8) is 0 Å². The van der Waals surface area contributed by atoms with E-state index in [0.717, 1.165) is 82.5 Å². The van der Waals surface area contributed by atoms with E-state index in [4.69, 9.17) is 0 Å². The van der Waals surface area contributed by atoms with Gasteiger partial charge in [-0.3, -0.25) is 4.79 Å². The lowest BCUT2D eigenvalue weighted by molar-refractivity contribution is -0.133. The van der Waals surface area contributed by atoms with Crippen molar-refractivity contribution in [2.75, 3.05) is 51.3 Å². The van der Waals surface area contributed by atoms with Gasteiger partial charge in [-0.25, -0.2) is 0 Å². The Bertz CT molecular complexity index is 1000. The summed E-state index contributed by atoms with van der Waals surface area (Å²) in [6.07, 6.45) is 12.6. The second-order valence-electron chi connectivity index (χ2n) is 14.6. The molecule has 6 heteroatoms. The molecule has 1 aromatic rings. The largest absolute Gasteiger partial charge is 0.391 e. The van der Waals surface area contributed by atoms with Crippen molar-refractivity contribution in [3.05, 3.63) is 30.3 Å². The van der Waals surface area contributed by atoms with Gasteiger partial charge >= 0.3 is 0 Å². The lowest BCUT2D eigenvalue weighted by atomic mass is 9.45. The summed E-state index contributed by atoms with van der Waals surface area (Å²) in [5, 5.41) is 10.5. The number of hydrogen-bond acceptors (Lipinski definition) is 5. The molecule has 4 unspecified atom stereocenters. The van der Waals surface area contributed by atoms with E-state index in [2.05, 4.69) is 70.8 Å². The van der Waals surface area contributed by atoms with Crippen LogP contribution in [0, 0.1) is 23.2 Å². The van der Waals surface area contributed by atoms with Gasteiger partial charge in [0.1, 0.15) is 5.54 Å². The molecule has 1 spiro atoms. The van der Waals surface area contributed by atoms with Gasteiger partial charge in [0.25, 0.3) is 0 Å². The topological polar surface area (TPSA) is 50.3 Å². The van der Waals surface area contributed by atoms with Gasteiger partial charge in [-0.1, -0.05) is 44.9 Å². The fraction of sp³-hybridized carbons (Fsp3) is 0.794. The first kappa shape index (κ1) is 28.5. The summed E-state index contributed by atoms with van der Waals surface area (Å²) < 4.78 is 0. The van der Waals surface area contributed by atoms with E-state index < -0.39 is 5.54 Å². The Morgan fingerprint density at radius 2 is 1.75 bits per heavy atom. The summed E-state index contributed by atoms with van der Waals surface area (Å²) >= 11 is 0. The maximum Gasteiger partial charge on any atom is 0.250 e. The zero-order valence-corrected chi connectivity index (χ0v) is 25.4. The van der Waals surface area contributed by atoms with Crippen molar-refractivity contribution in [1.29, 1.82) is 0 Å². The number of hydrogen-bond donors (Lipinski definition) is 1. The number of amides is 1. The van der Waals surface area contributed by atoms with E-state index in [1.165, 1.54) is 44.3 Å². The van der Waals surface area contributed by atoms with Crippen LogP contribution in [0.4, 0.5) is 5.69 Å². The lowest BCUT2D eigenvalue weighted by Crippen LogP contribution is -2.57. The molecule has 6 aliphatic rings. The minimum Gasteiger partial charge on any atom is -0.391 e. The van der Waals surface area contributed by atoms with Gasteiger partial charge in [0.15, 0.2) is 0 Å². The fourth-order valence-corrected chi connectivity index (χ4v) is 9.46. The fourth-order valence-electron chi connectivity index (χ4n) is 9.46. The molecule has 2 aliphatic heterocycles. The number of nitrogens with zero attached hydrogens (tertiary/aromatic N) is 4. The van der Waals surface area contributed by atoms with E-state index in [-0.39, 0.29) is 12.1 Å². The molecule has 2 bridgehead atoms. The van der Waals surface area contributed by atoms with Gasteiger partial charge in [-0.15, -0.1) is 0 Å². The third-order valence-corrected chi connectivity index (χ3v) is 12.3. The van der Waals surface area contributed by atoms with E-state index in [9.17, 15) is 9.90 Å². The third kappa shape index (κ3) is 5.22. The van der Waals surface area contributed by atoms with Crippen molar-refractivity contribution < 1.29 is 9.90 Å². The monoisotopic (exact) mass is 550 g/mol.